The fourth-order valence-electron chi connectivity index (χ4n) is 2.36. The third-order valence-corrected chi connectivity index (χ3v) is 5.22. The molecule has 0 aliphatic rings. The third-order valence-electron chi connectivity index (χ3n) is 3.78. The molecule has 142 valence electrons. The Morgan fingerprint density at radius 2 is 1.58 bits per heavy atom. The molecule has 4 nitrogen and oxygen atoms in total. The maximum absolute atomic E-state index is 12.6. The van der Waals surface area contributed by atoms with Crippen molar-refractivity contribution in [2.24, 2.45) is 0 Å². The lowest BCUT2D eigenvalue weighted by Crippen LogP contribution is -2.33. The van der Waals surface area contributed by atoms with Crippen LogP contribution in [0.1, 0.15) is 23.6 Å². The summed E-state index contributed by atoms with van der Waals surface area (Å²) in [5.41, 5.74) is 0.966. The van der Waals surface area contributed by atoms with E-state index in [1.807, 2.05) is 32.0 Å². The Kier molecular flexibility index (Phi) is 5.98. The molecule has 0 aliphatic carbocycles. The Bertz CT molecular complexity index is 842. The number of benzene rings is 2. The Morgan fingerprint density at radius 1 is 1.04 bits per heavy atom. The lowest BCUT2D eigenvalue weighted by molar-refractivity contribution is -0.137. The number of para-hydroxylation sites is 1. The number of hydrogen-bond acceptors (Lipinski definition) is 3. The molecule has 0 aliphatic heterocycles. The van der Waals surface area contributed by atoms with Gasteiger partial charge in [-0.1, -0.05) is 18.2 Å². The molecule has 1 unspecified atom stereocenters. The zero-order valence-corrected chi connectivity index (χ0v) is 15.4. The van der Waals surface area contributed by atoms with E-state index in [0.29, 0.717) is 5.75 Å². The van der Waals surface area contributed by atoms with E-state index in [1.54, 1.807) is 6.92 Å². The summed E-state index contributed by atoms with van der Waals surface area (Å²) >= 11 is 0. The Labute approximate surface area is 151 Å². The van der Waals surface area contributed by atoms with Gasteiger partial charge in [0.2, 0.25) is 10.0 Å². The molecule has 0 heterocycles. The number of halogens is 3. The van der Waals surface area contributed by atoms with Gasteiger partial charge in [0.1, 0.15) is 11.9 Å². The van der Waals surface area contributed by atoms with Gasteiger partial charge in [0.05, 0.1) is 10.5 Å². The van der Waals surface area contributed by atoms with Gasteiger partial charge in [-0.05, 0) is 56.2 Å². The van der Waals surface area contributed by atoms with Gasteiger partial charge < -0.3 is 4.74 Å². The average Bonchev–Trinajstić information content (AvgIpc) is 2.56. The second-order valence-corrected chi connectivity index (χ2v) is 7.79. The molecule has 2 rings (SSSR count). The maximum atomic E-state index is 12.6. The Hall–Kier alpha value is -2.06. The topological polar surface area (TPSA) is 55.4 Å². The van der Waals surface area contributed by atoms with Crippen LogP contribution in [0.5, 0.6) is 5.75 Å². The fraction of sp³-hybridized carbons (Fsp3) is 0.333. The maximum Gasteiger partial charge on any atom is 0.416 e. The SMILES string of the molecule is Cc1cccc(C)c1OC(C)CNS(=O)(=O)c1ccc(C(F)(F)F)cc1. The first-order chi connectivity index (χ1) is 12.0. The smallest absolute Gasteiger partial charge is 0.416 e. The highest BCUT2D eigenvalue weighted by Gasteiger charge is 2.30. The van der Waals surface area contributed by atoms with Crippen molar-refractivity contribution >= 4 is 10.0 Å². The van der Waals surface area contributed by atoms with Crippen LogP contribution in [0.25, 0.3) is 0 Å². The molecule has 0 radical (unpaired) electrons. The van der Waals surface area contributed by atoms with E-state index in [1.165, 1.54) is 0 Å². The van der Waals surface area contributed by atoms with Crippen molar-refractivity contribution in [3.63, 3.8) is 0 Å². The molecule has 26 heavy (non-hydrogen) atoms. The molecule has 2 aromatic carbocycles. The minimum absolute atomic E-state index is 0.0167. The Morgan fingerprint density at radius 3 is 2.08 bits per heavy atom. The van der Waals surface area contributed by atoms with Gasteiger partial charge in [-0.25, -0.2) is 13.1 Å². The van der Waals surface area contributed by atoms with Gasteiger partial charge in [0.15, 0.2) is 0 Å². The van der Waals surface area contributed by atoms with E-state index in [0.717, 1.165) is 35.4 Å². The molecule has 0 saturated heterocycles. The van der Waals surface area contributed by atoms with Gasteiger partial charge in [0, 0.05) is 6.54 Å². The van der Waals surface area contributed by atoms with Crippen molar-refractivity contribution in [3.8, 4) is 5.75 Å². The van der Waals surface area contributed by atoms with Crippen LogP contribution in [0.2, 0.25) is 0 Å². The van der Waals surface area contributed by atoms with Crippen LogP contribution < -0.4 is 9.46 Å². The number of nitrogens with one attached hydrogen (secondary N) is 1. The quantitative estimate of drug-likeness (QED) is 0.813. The van der Waals surface area contributed by atoms with E-state index >= 15 is 0 Å². The van der Waals surface area contributed by atoms with Crippen LogP contribution in [0.4, 0.5) is 13.2 Å². The second kappa shape index (κ2) is 7.67. The number of sulfonamides is 1. The molecule has 0 spiro atoms. The van der Waals surface area contributed by atoms with E-state index < -0.39 is 27.9 Å². The predicted octanol–water partition coefficient (Wildman–Crippen LogP) is 4.07. The molecule has 0 bridgehead atoms. The van der Waals surface area contributed by atoms with Crippen molar-refractivity contribution < 1.29 is 26.3 Å². The molecular formula is C18H20F3NO3S. The van der Waals surface area contributed by atoms with Crippen LogP contribution in [0.15, 0.2) is 47.4 Å². The van der Waals surface area contributed by atoms with Crippen LogP contribution in [0, 0.1) is 13.8 Å². The minimum atomic E-state index is -4.51. The van der Waals surface area contributed by atoms with Crippen molar-refractivity contribution in [3.05, 3.63) is 59.2 Å². The highest BCUT2D eigenvalue weighted by molar-refractivity contribution is 7.89. The van der Waals surface area contributed by atoms with Gasteiger partial charge in [-0.2, -0.15) is 13.2 Å². The van der Waals surface area contributed by atoms with Crippen LogP contribution >= 0.6 is 0 Å². The first-order valence-corrected chi connectivity index (χ1v) is 9.39. The summed E-state index contributed by atoms with van der Waals surface area (Å²) in [6.45, 7) is 5.47. The number of alkyl halides is 3. The minimum Gasteiger partial charge on any atom is -0.489 e. The largest absolute Gasteiger partial charge is 0.489 e. The van der Waals surface area contributed by atoms with Crippen molar-refractivity contribution in [2.45, 2.75) is 37.9 Å². The van der Waals surface area contributed by atoms with Crippen LogP contribution in [-0.4, -0.2) is 21.1 Å². The van der Waals surface area contributed by atoms with Crippen LogP contribution in [0.3, 0.4) is 0 Å². The lowest BCUT2D eigenvalue weighted by atomic mass is 10.1. The summed E-state index contributed by atoms with van der Waals surface area (Å²) in [5, 5.41) is 0. The van der Waals surface area contributed by atoms with Gasteiger partial charge in [0.25, 0.3) is 0 Å². The fourth-order valence-corrected chi connectivity index (χ4v) is 3.48. The zero-order valence-electron chi connectivity index (χ0n) is 14.6. The van der Waals surface area contributed by atoms with Crippen molar-refractivity contribution in [1.82, 2.24) is 4.72 Å². The Balaban J connectivity index is 2.03. The number of rotatable bonds is 6. The molecule has 8 heteroatoms. The van der Waals surface area contributed by atoms with Crippen molar-refractivity contribution in [1.29, 1.82) is 0 Å². The number of ether oxygens (including phenoxy) is 1. The second-order valence-electron chi connectivity index (χ2n) is 6.02. The first-order valence-electron chi connectivity index (χ1n) is 7.90. The van der Waals surface area contributed by atoms with Crippen molar-refractivity contribution in [2.75, 3.05) is 6.54 Å². The summed E-state index contributed by atoms with van der Waals surface area (Å²) in [6, 6.07) is 9.03. The highest BCUT2D eigenvalue weighted by atomic mass is 32.2. The van der Waals surface area contributed by atoms with E-state index in [4.69, 9.17) is 4.74 Å². The molecule has 0 fully saturated rings. The zero-order chi connectivity index (χ0) is 19.5. The molecule has 0 aromatic heterocycles. The molecule has 1 N–H and O–H groups in total. The summed E-state index contributed by atoms with van der Waals surface area (Å²) < 4.78 is 70.3. The summed E-state index contributed by atoms with van der Waals surface area (Å²) in [4.78, 5) is -0.232. The van der Waals surface area contributed by atoms with Gasteiger partial charge in [-0.3, -0.25) is 0 Å². The summed E-state index contributed by atoms with van der Waals surface area (Å²) in [5.74, 6) is 0.689. The molecule has 0 saturated carbocycles. The molecule has 0 amide bonds. The van der Waals surface area contributed by atoms with Gasteiger partial charge >= 0.3 is 6.18 Å². The normalized spacial score (nSPS) is 13.5. The molecular weight excluding hydrogens is 367 g/mol. The summed E-state index contributed by atoms with van der Waals surface area (Å²) in [7, 11) is -3.93. The average molecular weight is 387 g/mol. The van der Waals surface area contributed by atoms with Gasteiger partial charge in [-0.15, -0.1) is 0 Å². The van der Waals surface area contributed by atoms with E-state index in [-0.39, 0.29) is 11.4 Å². The first kappa shape index (κ1) is 20.3. The van der Waals surface area contributed by atoms with Crippen LogP contribution in [-0.2, 0) is 16.2 Å². The highest BCUT2D eigenvalue weighted by Crippen LogP contribution is 2.29. The predicted molar refractivity (Wildman–Crippen MR) is 92.6 cm³/mol. The summed E-state index contributed by atoms with van der Waals surface area (Å²) in [6.07, 6.45) is -4.97. The number of aryl methyl sites for hydroxylation is 2. The standard InChI is InChI=1S/C18H20F3NO3S/c1-12-5-4-6-13(2)17(12)25-14(3)11-22-26(23,24)16-9-7-15(8-10-16)18(19,20)21/h4-10,14,22H,11H2,1-3H3. The number of hydrogen-bond donors (Lipinski definition) is 1. The van der Waals surface area contributed by atoms with E-state index in [2.05, 4.69) is 4.72 Å². The third kappa shape index (κ3) is 4.98. The monoisotopic (exact) mass is 387 g/mol. The molecule has 2 aromatic rings. The molecule has 1 atom stereocenters. The lowest BCUT2D eigenvalue weighted by Gasteiger charge is -2.19. The van der Waals surface area contributed by atoms with E-state index in [9.17, 15) is 21.6 Å².